The number of nitrogens with zero attached hydrogens (tertiary/aromatic N) is 2. The second-order valence-electron chi connectivity index (χ2n) is 16.1. The van der Waals surface area contributed by atoms with E-state index in [-0.39, 0.29) is 68.0 Å². The predicted molar refractivity (Wildman–Crippen MR) is 243 cm³/mol. The lowest BCUT2D eigenvalue weighted by Gasteiger charge is -2.28. The van der Waals surface area contributed by atoms with Crippen molar-refractivity contribution in [2.24, 2.45) is 17.6 Å². The number of amides is 6. The lowest BCUT2D eigenvalue weighted by Crippen LogP contribution is -2.59. The van der Waals surface area contributed by atoms with Gasteiger partial charge in [-0.1, -0.05) is 58.0 Å². The topological polar surface area (TPSA) is 360 Å². The third-order valence-electron chi connectivity index (χ3n) is 9.50. The molecule has 0 spiro atoms. The summed E-state index contributed by atoms with van der Waals surface area (Å²) in [5.41, 5.74) is 6.11. The molecule has 0 bridgehead atoms. The van der Waals surface area contributed by atoms with Crippen molar-refractivity contribution in [3.8, 4) is 0 Å². The number of hydrogen-bond donors (Lipinski definition) is 11. The number of H-pyrrole nitrogens is 2. The molecule has 0 unspecified atom stereocenters. The number of aromatic carboxylic acids is 1. The van der Waals surface area contributed by atoms with Crippen molar-refractivity contribution in [2.75, 3.05) is 57.3 Å². The zero-order valence-corrected chi connectivity index (χ0v) is 39.3. The van der Waals surface area contributed by atoms with E-state index in [2.05, 4.69) is 52.3 Å². The molecule has 0 aliphatic rings. The van der Waals surface area contributed by atoms with E-state index in [1.54, 1.807) is 51.3 Å². The van der Waals surface area contributed by atoms with Gasteiger partial charge in [0.2, 0.25) is 23.6 Å². The largest absolute Gasteiger partial charge is 0.490 e. The van der Waals surface area contributed by atoms with Gasteiger partial charge in [-0.3, -0.25) is 39.0 Å². The van der Waals surface area contributed by atoms with Gasteiger partial charge >= 0.3 is 18.1 Å². The van der Waals surface area contributed by atoms with Crippen LogP contribution < -0.4 is 37.6 Å². The number of halogens is 3. The molecule has 2 heterocycles. The number of nitrogens with two attached hydrogens (primary N) is 1. The van der Waals surface area contributed by atoms with Crippen LogP contribution in [0.1, 0.15) is 79.9 Å². The first-order chi connectivity index (χ1) is 33.1. The summed E-state index contributed by atoms with van der Waals surface area (Å²) < 4.78 is 47.2. The molecule has 3 aromatic rings. The van der Waals surface area contributed by atoms with Gasteiger partial charge in [0.05, 0.1) is 26.4 Å². The molecule has 2 aromatic heterocycles. The SMILES string of the molecule is COCCOCCOCC(=O)Nc1cc(C(=O)N[C@@H](CCCCN)C(=O)N[C@@H](CC(C)C)C(=O)N[C@H](C(=O)N[C@@H](Cc2ccccc2)C(=O)Nc2cc(C(=O)O)[nH]n2)C(C)C)[nH]n1.O=C(O)C(F)(F)F. The molecule has 27 heteroatoms. The minimum atomic E-state index is -5.08. The maximum Gasteiger partial charge on any atom is 0.490 e. The number of carboxylic acids is 2. The number of methoxy groups -OCH3 is 1. The zero-order valence-electron chi connectivity index (χ0n) is 39.3. The molecule has 0 saturated carbocycles. The molecular formula is C43H62F3N11O13. The monoisotopic (exact) mass is 997 g/mol. The van der Waals surface area contributed by atoms with E-state index in [1.165, 1.54) is 6.07 Å². The van der Waals surface area contributed by atoms with E-state index < -0.39 is 83.6 Å². The van der Waals surface area contributed by atoms with Gasteiger partial charge in [-0.25, -0.2) is 9.59 Å². The molecule has 70 heavy (non-hydrogen) atoms. The summed E-state index contributed by atoms with van der Waals surface area (Å²) >= 11 is 0. The maximum absolute atomic E-state index is 14.0. The number of carbonyl (C=O) groups excluding carboxylic acids is 6. The molecule has 24 nitrogen and oxygen atoms in total. The Hall–Kier alpha value is -6.97. The Morgan fingerprint density at radius 1 is 0.714 bits per heavy atom. The normalized spacial score (nSPS) is 12.9. The summed E-state index contributed by atoms with van der Waals surface area (Å²) in [5.74, 6) is -8.57. The number of anilines is 2. The van der Waals surface area contributed by atoms with E-state index >= 15 is 0 Å². The van der Waals surface area contributed by atoms with Crippen LogP contribution in [0.25, 0.3) is 0 Å². The lowest BCUT2D eigenvalue weighted by molar-refractivity contribution is -0.192. The minimum Gasteiger partial charge on any atom is -0.477 e. The number of ether oxygens (including phenoxy) is 3. The molecule has 0 fully saturated rings. The van der Waals surface area contributed by atoms with Crippen molar-refractivity contribution in [1.29, 1.82) is 0 Å². The number of aliphatic carboxylic acids is 1. The van der Waals surface area contributed by atoms with Gasteiger partial charge in [0.25, 0.3) is 11.8 Å². The Labute approximate surface area is 400 Å². The van der Waals surface area contributed by atoms with E-state index in [0.29, 0.717) is 38.2 Å². The second-order valence-corrected chi connectivity index (χ2v) is 16.1. The zero-order chi connectivity index (χ0) is 52.4. The number of carboxylic acid groups (broad SMARTS) is 2. The van der Waals surface area contributed by atoms with E-state index in [1.807, 2.05) is 13.8 Å². The summed E-state index contributed by atoms with van der Waals surface area (Å²) in [6.45, 7) is 8.45. The van der Waals surface area contributed by atoms with Crippen LogP contribution in [0, 0.1) is 11.8 Å². The number of benzene rings is 1. The number of carbonyl (C=O) groups is 8. The van der Waals surface area contributed by atoms with Gasteiger partial charge in [-0.05, 0) is 49.6 Å². The van der Waals surface area contributed by atoms with Gasteiger partial charge in [-0.2, -0.15) is 23.4 Å². The molecule has 3 rings (SSSR count). The molecule has 0 saturated heterocycles. The van der Waals surface area contributed by atoms with Gasteiger partial charge in [0.15, 0.2) is 11.6 Å². The van der Waals surface area contributed by atoms with Crippen molar-refractivity contribution in [3.63, 3.8) is 0 Å². The van der Waals surface area contributed by atoms with Crippen molar-refractivity contribution in [2.45, 2.75) is 90.1 Å². The number of aromatic nitrogens is 4. The lowest BCUT2D eigenvalue weighted by atomic mass is 9.98. The highest BCUT2D eigenvalue weighted by Gasteiger charge is 2.38. The average Bonchev–Trinajstić information content (AvgIpc) is 3.97. The van der Waals surface area contributed by atoms with Crippen LogP contribution in [0.4, 0.5) is 24.8 Å². The van der Waals surface area contributed by atoms with Crippen molar-refractivity contribution in [1.82, 2.24) is 41.7 Å². The van der Waals surface area contributed by atoms with Crippen LogP contribution in [0.5, 0.6) is 0 Å². The first-order valence-electron chi connectivity index (χ1n) is 21.9. The number of rotatable bonds is 29. The minimum absolute atomic E-state index is 0.0469. The number of alkyl halides is 3. The van der Waals surface area contributed by atoms with Crippen molar-refractivity contribution < 1.29 is 76.0 Å². The van der Waals surface area contributed by atoms with Crippen molar-refractivity contribution >= 4 is 59.0 Å². The Morgan fingerprint density at radius 2 is 1.29 bits per heavy atom. The Bertz CT molecular complexity index is 2150. The number of hydrogen-bond acceptors (Lipinski definition) is 14. The highest BCUT2D eigenvalue weighted by Crippen LogP contribution is 2.15. The molecule has 6 amide bonds. The second kappa shape index (κ2) is 30.5. The summed E-state index contributed by atoms with van der Waals surface area (Å²) in [6.07, 6.45) is -3.68. The standard InChI is InChI=1S/C41H61N11O11.C2HF3O2/c1-24(2)19-28(44-36(54)27(13-9-10-14-42)43-39(57)30-21-32(51-49-30)46-34(53)23-63-18-17-62-16-15-61-5)38(56)48-35(25(3)4)40(58)45-29(20-26-11-7-6-8-12-26)37(55)47-33-22-31(41(59)60)50-52-33;3-2(4,5)1(6)7/h6-8,11-12,21-22,24-25,27-29,35H,9-10,13-20,23,42H2,1-5H3,(H,43,57)(H,44,54)(H,45,58)(H,48,56)(H,59,60)(H2,46,49,51,53)(H2,47,50,52,55);(H,6,7)/t27-,28-,29-,35-;/m0./s1. The molecule has 388 valence electrons. The van der Waals surface area contributed by atoms with E-state index in [9.17, 15) is 51.8 Å². The summed E-state index contributed by atoms with van der Waals surface area (Å²) in [7, 11) is 1.56. The first-order valence-corrected chi connectivity index (χ1v) is 21.9. The van der Waals surface area contributed by atoms with Gasteiger partial charge in [-0.15, -0.1) is 0 Å². The third-order valence-corrected chi connectivity index (χ3v) is 9.50. The Kier molecular flexibility index (Phi) is 25.8. The van der Waals surface area contributed by atoms with Crippen LogP contribution in [-0.2, 0) is 49.4 Å². The number of unbranched alkanes of at least 4 members (excludes halogenated alkanes) is 1. The molecule has 0 radical (unpaired) electrons. The highest BCUT2D eigenvalue weighted by atomic mass is 19.4. The summed E-state index contributed by atoms with van der Waals surface area (Å²) in [6, 6.07) is 6.70. The fourth-order valence-electron chi connectivity index (χ4n) is 6.00. The summed E-state index contributed by atoms with van der Waals surface area (Å²) in [5, 5.41) is 44.9. The quantitative estimate of drug-likeness (QED) is 0.0437. The third kappa shape index (κ3) is 22.4. The molecule has 4 atom stereocenters. The fraction of sp³-hybridized carbons (Fsp3) is 0.535. The Balaban J connectivity index is 0.00000222. The molecule has 0 aliphatic heterocycles. The molecule has 1 aromatic carbocycles. The van der Waals surface area contributed by atoms with E-state index in [0.717, 1.165) is 6.07 Å². The first kappa shape index (κ1) is 59.2. The summed E-state index contributed by atoms with van der Waals surface area (Å²) in [4.78, 5) is 101. The maximum atomic E-state index is 14.0. The van der Waals surface area contributed by atoms with Crippen molar-refractivity contribution in [3.05, 3.63) is 59.4 Å². The Morgan fingerprint density at radius 3 is 1.86 bits per heavy atom. The average molecular weight is 998 g/mol. The fourth-order valence-corrected chi connectivity index (χ4v) is 6.00. The number of nitrogens with one attached hydrogen (secondary N) is 8. The predicted octanol–water partition coefficient (Wildman–Crippen LogP) is 1.35. The van der Waals surface area contributed by atoms with Crippen LogP contribution in [-0.4, -0.2) is 155 Å². The number of aromatic amines is 2. The van der Waals surface area contributed by atoms with Crippen LogP contribution in [0.2, 0.25) is 0 Å². The van der Waals surface area contributed by atoms with Crippen LogP contribution in [0.3, 0.4) is 0 Å². The highest BCUT2D eigenvalue weighted by molar-refractivity contribution is 6.00. The van der Waals surface area contributed by atoms with Gasteiger partial charge in [0, 0.05) is 25.7 Å². The van der Waals surface area contributed by atoms with Gasteiger partial charge < -0.3 is 62.1 Å². The molecule has 12 N–H and O–H groups in total. The smallest absolute Gasteiger partial charge is 0.477 e. The van der Waals surface area contributed by atoms with Crippen LogP contribution in [0.15, 0.2) is 42.5 Å². The van der Waals surface area contributed by atoms with E-state index in [4.69, 9.17) is 29.8 Å². The molecular weight excluding hydrogens is 936 g/mol. The van der Waals surface area contributed by atoms with Gasteiger partial charge in [0.1, 0.15) is 42.2 Å². The molecule has 0 aliphatic carbocycles. The van der Waals surface area contributed by atoms with Crippen LogP contribution >= 0.6 is 0 Å².